The lowest BCUT2D eigenvalue weighted by atomic mass is 10.1. The minimum atomic E-state index is 0.430. The Morgan fingerprint density at radius 2 is 2.05 bits per heavy atom. The highest BCUT2D eigenvalue weighted by Crippen LogP contribution is 2.26. The van der Waals surface area contributed by atoms with Gasteiger partial charge in [-0.2, -0.15) is 0 Å². The minimum absolute atomic E-state index is 0.430. The molecule has 1 aromatic rings. The molecule has 1 heterocycles. The van der Waals surface area contributed by atoms with Crippen LogP contribution in [0.2, 0.25) is 0 Å². The van der Waals surface area contributed by atoms with Crippen LogP contribution in [0, 0.1) is 0 Å². The molecule has 0 bridgehead atoms. The lowest BCUT2D eigenvalue weighted by Crippen LogP contribution is -2.37. The summed E-state index contributed by atoms with van der Waals surface area (Å²) >= 11 is 0. The van der Waals surface area contributed by atoms with E-state index in [0.29, 0.717) is 12.6 Å². The Kier molecular flexibility index (Phi) is 7.30. The number of nitrogens with zero attached hydrogens (tertiary/aromatic N) is 3. The Bertz CT molecular complexity index is 397. The van der Waals surface area contributed by atoms with Crippen molar-refractivity contribution in [2.45, 2.75) is 46.6 Å². The summed E-state index contributed by atoms with van der Waals surface area (Å²) < 4.78 is 5.24. The molecule has 20 heavy (non-hydrogen) atoms. The molecular formula is C15H28N4O. The van der Waals surface area contributed by atoms with Gasteiger partial charge in [0.1, 0.15) is 18.0 Å². The van der Waals surface area contributed by atoms with Gasteiger partial charge in [-0.05, 0) is 26.7 Å². The molecule has 0 saturated carbocycles. The molecular weight excluding hydrogens is 252 g/mol. The van der Waals surface area contributed by atoms with E-state index in [1.165, 1.54) is 5.56 Å². The fourth-order valence-corrected chi connectivity index (χ4v) is 2.24. The van der Waals surface area contributed by atoms with Crippen LogP contribution in [0.4, 0.5) is 11.6 Å². The van der Waals surface area contributed by atoms with Crippen molar-refractivity contribution in [2.75, 3.05) is 37.0 Å². The second kappa shape index (κ2) is 8.74. The third-order valence-electron chi connectivity index (χ3n) is 3.55. The van der Waals surface area contributed by atoms with Gasteiger partial charge in [0.25, 0.3) is 0 Å². The number of hydrogen-bond acceptors (Lipinski definition) is 5. The number of nitrogens with one attached hydrogen (secondary N) is 1. The van der Waals surface area contributed by atoms with Crippen LogP contribution < -0.4 is 10.2 Å². The van der Waals surface area contributed by atoms with Crippen molar-refractivity contribution < 1.29 is 4.74 Å². The molecule has 5 heteroatoms. The molecule has 0 aromatic carbocycles. The third kappa shape index (κ3) is 4.07. The topological polar surface area (TPSA) is 50.3 Å². The quantitative estimate of drug-likeness (QED) is 0.753. The van der Waals surface area contributed by atoms with Gasteiger partial charge in [-0.3, -0.25) is 0 Å². The van der Waals surface area contributed by atoms with Gasteiger partial charge in [-0.25, -0.2) is 9.97 Å². The average Bonchev–Trinajstić information content (AvgIpc) is 2.47. The first-order valence-corrected chi connectivity index (χ1v) is 7.52. The molecule has 0 radical (unpaired) electrons. The summed E-state index contributed by atoms with van der Waals surface area (Å²) in [6, 6.07) is 0.430. The van der Waals surface area contributed by atoms with Crippen LogP contribution in [0.3, 0.4) is 0 Å². The van der Waals surface area contributed by atoms with Crippen LogP contribution >= 0.6 is 0 Å². The zero-order valence-electron chi connectivity index (χ0n) is 13.4. The molecule has 114 valence electrons. The van der Waals surface area contributed by atoms with E-state index in [4.69, 9.17) is 4.74 Å². The zero-order chi connectivity index (χ0) is 15.0. The molecule has 0 spiro atoms. The number of hydrogen-bond donors (Lipinski definition) is 1. The van der Waals surface area contributed by atoms with E-state index in [9.17, 15) is 0 Å². The van der Waals surface area contributed by atoms with Gasteiger partial charge in [-0.1, -0.05) is 13.8 Å². The van der Waals surface area contributed by atoms with Crippen LogP contribution in [-0.4, -0.2) is 42.8 Å². The molecule has 1 atom stereocenters. The van der Waals surface area contributed by atoms with Gasteiger partial charge in [0.2, 0.25) is 0 Å². The van der Waals surface area contributed by atoms with Crippen molar-refractivity contribution >= 4 is 11.6 Å². The van der Waals surface area contributed by atoms with Gasteiger partial charge in [0.15, 0.2) is 0 Å². The van der Waals surface area contributed by atoms with Crippen molar-refractivity contribution in [3.8, 4) is 0 Å². The minimum Gasteiger partial charge on any atom is -0.383 e. The molecule has 1 rings (SSSR count). The van der Waals surface area contributed by atoms with Gasteiger partial charge >= 0.3 is 0 Å². The molecule has 5 nitrogen and oxygen atoms in total. The Morgan fingerprint density at radius 3 is 2.60 bits per heavy atom. The second-order valence-corrected chi connectivity index (χ2v) is 4.85. The van der Waals surface area contributed by atoms with Gasteiger partial charge in [0.05, 0.1) is 6.61 Å². The smallest absolute Gasteiger partial charge is 0.137 e. The number of ether oxygens (including phenoxy) is 1. The summed E-state index contributed by atoms with van der Waals surface area (Å²) in [5.74, 6) is 1.98. The number of anilines is 2. The SMILES string of the molecule is CCNc1ncnc(N(CCOC)C(C)CC)c1CC. The second-order valence-electron chi connectivity index (χ2n) is 4.85. The lowest BCUT2D eigenvalue weighted by molar-refractivity contribution is 0.203. The van der Waals surface area contributed by atoms with Crippen molar-refractivity contribution in [1.82, 2.24) is 9.97 Å². The fraction of sp³-hybridized carbons (Fsp3) is 0.733. The number of rotatable bonds is 9. The first-order valence-electron chi connectivity index (χ1n) is 7.52. The van der Waals surface area contributed by atoms with Crippen LogP contribution in [0.25, 0.3) is 0 Å². The third-order valence-corrected chi connectivity index (χ3v) is 3.55. The van der Waals surface area contributed by atoms with Crippen molar-refractivity contribution in [3.63, 3.8) is 0 Å². The summed E-state index contributed by atoms with van der Waals surface area (Å²) in [5, 5.41) is 3.33. The van der Waals surface area contributed by atoms with E-state index in [1.54, 1.807) is 13.4 Å². The molecule has 0 fully saturated rings. The zero-order valence-corrected chi connectivity index (χ0v) is 13.4. The lowest BCUT2D eigenvalue weighted by Gasteiger charge is -2.31. The van der Waals surface area contributed by atoms with E-state index in [0.717, 1.165) is 37.6 Å². The predicted octanol–water partition coefficient (Wildman–Crippen LogP) is 2.72. The van der Waals surface area contributed by atoms with Crippen LogP contribution in [-0.2, 0) is 11.2 Å². The fourth-order valence-electron chi connectivity index (χ4n) is 2.24. The average molecular weight is 280 g/mol. The largest absolute Gasteiger partial charge is 0.383 e. The van der Waals surface area contributed by atoms with E-state index in [-0.39, 0.29) is 0 Å². The highest BCUT2D eigenvalue weighted by molar-refractivity contribution is 5.59. The van der Waals surface area contributed by atoms with E-state index in [2.05, 4.69) is 47.9 Å². The molecule has 0 aliphatic heterocycles. The molecule has 0 aliphatic carbocycles. The van der Waals surface area contributed by atoms with Crippen LogP contribution in [0.1, 0.15) is 39.7 Å². The molecule has 1 aromatic heterocycles. The highest BCUT2D eigenvalue weighted by atomic mass is 16.5. The maximum absolute atomic E-state index is 5.24. The van der Waals surface area contributed by atoms with Crippen LogP contribution in [0.5, 0.6) is 0 Å². The van der Waals surface area contributed by atoms with Crippen LogP contribution in [0.15, 0.2) is 6.33 Å². The molecule has 1 unspecified atom stereocenters. The summed E-state index contributed by atoms with van der Waals surface area (Å²) in [7, 11) is 1.74. The maximum Gasteiger partial charge on any atom is 0.137 e. The normalized spacial score (nSPS) is 12.2. The molecule has 0 saturated heterocycles. The van der Waals surface area contributed by atoms with E-state index < -0.39 is 0 Å². The van der Waals surface area contributed by atoms with Crippen molar-refractivity contribution in [2.24, 2.45) is 0 Å². The number of aromatic nitrogens is 2. The molecule has 1 N–H and O–H groups in total. The first-order chi connectivity index (χ1) is 9.69. The van der Waals surface area contributed by atoms with Gasteiger partial charge in [-0.15, -0.1) is 0 Å². The van der Waals surface area contributed by atoms with Crippen molar-refractivity contribution in [3.05, 3.63) is 11.9 Å². The standard InChI is InChI=1S/C15H28N4O/c1-6-12(4)19(9-10-20-5)15-13(7-2)14(16-8-3)17-11-18-15/h11-12H,6-10H2,1-5H3,(H,16,17,18). The Labute approximate surface area is 122 Å². The monoisotopic (exact) mass is 280 g/mol. The maximum atomic E-state index is 5.24. The predicted molar refractivity (Wildman–Crippen MR) is 84.5 cm³/mol. The highest BCUT2D eigenvalue weighted by Gasteiger charge is 2.19. The number of methoxy groups -OCH3 is 1. The van der Waals surface area contributed by atoms with Gasteiger partial charge in [0, 0.05) is 31.8 Å². The Balaban J connectivity index is 3.13. The van der Waals surface area contributed by atoms with E-state index in [1.807, 2.05) is 0 Å². The Morgan fingerprint density at radius 1 is 1.30 bits per heavy atom. The van der Waals surface area contributed by atoms with E-state index >= 15 is 0 Å². The summed E-state index contributed by atoms with van der Waals surface area (Å²) in [6.45, 7) is 11.1. The van der Waals surface area contributed by atoms with Crippen molar-refractivity contribution in [1.29, 1.82) is 0 Å². The molecule has 0 aliphatic rings. The first kappa shape index (κ1) is 16.7. The van der Waals surface area contributed by atoms with Gasteiger partial charge < -0.3 is 15.0 Å². The summed E-state index contributed by atoms with van der Waals surface area (Å²) in [6.07, 6.45) is 3.64. The summed E-state index contributed by atoms with van der Waals surface area (Å²) in [5.41, 5.74) is 1.19. The molecule has 0 amide bonds. The summed E-state index contributed by atoms with van der Waals surface area (Å²) in [4.78, 5) is 11.2. The Hall–Kier alpha value is -1.36.